The van der Waals surface area contributed by atoms with Crippen molar-refractivity contribution in [1.29, 1.82) is 0 Å². The van der Waals surface area contributed by atoms with Gasteiger partial charge in [-0.15, -0.1) is 0 Å². The number of aryl methyl sites for hydroxylation is 2. The monoisotopic (exact) mass is 368 g/mol. The van der Waals surface area contributed by atoms with Crippen molar-refractivity contribution in [2.24, 2.45) is 0 Å². The number of nitrogens with one attached hydrogen (secondary N) is 2. The predicted octanol–water partition coefficient (Wildman–Crippen LogP) is 3.67. The number of aromatic nitrogens is 1. The molecule has 1 aliphatic rings. The van der Waals surface area contributed by atoms with Gasteiger partial charge in [0, 0.05) is 28.6 Å². The summed E-state index contributed by atoms with van der Waals surface area (Å²) in [5.41, 5.74) is 4.53. The summed E-state index contributed by atoms with van der Waals surface area (Å²) < 4.78 is 27.8. The number of rotatable bonds is 7. The SMILES string of the molecule is Cc1[nH]c2ccccc2c1C1(CNS(=O)(=O)CCc2ccccc2)CC1. The van der Waals surface area contributed by atoms with E-state index in [1.54, 1.807) is 0 Å². The van der Waals surface area contributed by atoms with Crippen LogP contribution in [0.15, 0.2) is 54.6 Å². The van der Waals surface area contributed by atoms with Crippen molar-refractivity contribution in [2.45, 2.75) is 31.6 Å². The second kappa shape index (κ2) is 6.56. The molecular formula is C21H24N2O2S. The molecule has 4 nitrogen and oxygen atoms in total. The van der Waals surface area contributed by atoms with Gasteiger partial charge in [0.25, 0.3) is 0 Å². The molecule has 0 bridgehead atoms. The summed E-state index contributed by atoms with van der Waals surface area (Å²) in [6.45, 7) is 2.56. The topological polar surface area (TPSA) is 62.0 Å². The van der Waals surface area contributed by atoms with Crippen LogP contribution in [-0.2, 0) is 21.9 Å². The zero-order valence-electron chi connectivity index (χ0n) is 15.0. The number of H-pyrrole nitrogens is 1. The quantitative estimate of drug-likeness (QED) is 0.668. The molecule has 0 saturated heterocycles. The average Bonchev–Trinajstić information content (AvgIpc) is 3.34. The van der Waals surface area contributed by atoms with Crippen molar-refractivity contribution in [3.05, 3.63) is 71.4 Å². The first kappa shape index (κ1) is 17.3. The van der Waals surface area contributed by atoms with Gasteiger partial charge in [-0.25, -0.2) is 13.1 Å². The first-order valence-electron chi connectivity index (χ1n) is 9.08. The van der Waals surface area contributed by atoms with Crippen LogP contribution in [0.2, 0.25) is 0 Å². The maximum absolute atomic E-state index is 12.5. The van der Waals surface area contributed by atoms with Crippen molar-refractivity contribution in [3.63, 3.8) is 0 Å². The molecule has 136 valence electrons. The summed E-state index contributed by atoms with van der Waals surface area (Å²) in [7, 11) is -3.29. The Balaban J connectivity index is 1.47. The Morgan fingerprint density at radius 3 is 2.46 bits per heavy atom. The van der Waals surface area contributed by atoms with E-state index in [1.165, 1.54) is 10.9 Å². The molecule has 4 rings (SSSR count). The Bertz CT molecular complexity index is 1020. The molecule has 3 aromatic rings. The fourth-order valence-electron chi connectivity index (χ4n) is 3.84. The Morgan fingerprint density at radius 2 is 1.73 bits per heavy atom. The van der Waals surface area contributed by atoms with Gasteiger partial charge in [-0.3, -0.25) is 0 Å². The minimum atomic E-state index is -3.29. The van der Waals surface area contributed by atoms with E-state index < -0.39 is 10.0 Å². The number of hydrogen-bond donors (Lipinski definition) is 2. The van der Waals surface area contributed by atoms with E-state index in [-0.39, 0.29) is 11.2 Å². The van der Waals surface area contributed by atoms with E-state index in [0.717, 1.165) is 29.6 Å². The lowest BCUT2D eigenvalue weighted by molar-refractivity contribution is 0.566. The normalized spacial score (nSPS) is 16.0. The molecule has 0 atom stereocenters. The number of fused-ring (bicyclic) bond motifs is 1. The fourth-order valence-corrected chi connectivity index (χ4v) is 4.99. The molecular weight excluding hydrogens is 344 g/mol. The van der Waals surface area contributed by atoms with Crippen LogP contribution in [0.5, 0.6) is 0 Å². The highest BCUT2D eigenvalue weighted by Gasteiger charge is 2.47. The summed E-state index contributed by atoms with van der Waals surface area (Å²) in [5, 5.41) is 1.21. The van der Waals surface area contributed by atoms with Crippen LogP contribution in [-0.4, -0.2) is 25.7 Å². The number of sulfonamides is 1. The largest absolute Gasteiger partial charge is 0.358 e. The van der Waals surface area contributed by atoms with Crippen LogP contribution < -0.4 is 4.72 Å². The maximum atomic E-state index is 12.5. The number of benzene rings is 2. The lowest BCUT2D eigenvalue weighted by Crippen LogP contribution is -2.34. The first-order chi connectivity index (χ1) is 12.5. The minimum absolute atomic E-state index is 0.0660. The Morgan fingerprint density at radius 1 is 1.04 bits per heavy atom. The van der Waals surface area contributed by atoms with E-state index in [4.69, 9.17) is 0 Å². The summed E-state index contributed by atoms with van der Waals surface area (Å²) in [4.78, 5) is 3.44. The lowest BCUT2D eigenvalue weighted by Gasteiger charge is -2.17. The molecule has 0 amide bonds. The summed E-state index contributed by atoms with van der Waals surface area (Å²) in [6, 6.07) is 18.0. The van der Waals surface area contributed by atoms with E-state index in [2.05, 4.69) is 28.8 Å². The van der Waals surface area contributed by atoms with Crippen molar-refractivity contribution < 1.29 is 8.42 Å². The van der Waals surface area contributed by atoms with Crippen molar-refractivity contribution in [2.75, 3.05) is 12.3 Å². The maximum Gasteiger partial charge on any atom is 0.211 e. The molecule has 2 aromatic carbocycles. The third-order valence-electron chi connectivity index (χ3n) is 5.41. The van der Waals surface area contributed by atoms with Gasteiger partial charge in [0.2, 0.25) is 10.0 Å². The Hall–Kier alpha value is -2.11. The molecule has 0 radical (unpaired) electrons. The Labute approximate surface area is 154 Å². The first-order valence-corrected chi connectivity index (χ1v) is 10.7. The number of para-hydroxylation sites is 1. The van der Waals surface area contributed by atoms with E-state index in [1.807, 2.05) is 42.5 Å². The Kier molecular flexibility index (Phi) is 4.37. The van der Waals surface area contributed by atoms with Crippen molar-refractivity contribution in [1.82, 2.24) is 9.71 Å². The highest BCUT2D eigenvalue weighted by Crippen LogP contribution is 2.51. The van der Waals surface area contributed by atoms with Gasteiger partial charge >= 0.3 is 0 Å². The van der Waals surface area contributed by atoms with Crippen LogP contribution in [0, 0.1) is 6.92 Å². The second-order valence-corrected chi connectivity index (χ2v) is 9.25. The van der Waals surface area contributed by atoms with Crippen LogP contribution in [0.3, 0.4) is 0 Å². The highest BCUT2D eigenvalue weighted by atomic mass is 32.2. The zero-order valence-corrected chi connectivity index (χ0v) is 15.8. The third kappa shape index (κ3) is 3.41. The summed E-state index contributed by atoms with van der Waals surface area (Å²) in [6.07, 6.45) is 2.59. The highest BCUT2D eigenvalue weighted by molar-refractivity contribution is 7.89. The van der Waals surface area contributed by atoms with Crippen LogP contribution in [0.25, 0.3) is 10.9 Å². The van der Waals surface area contributed by atoms with E-state index >= 15 is 0 Å². The number of aromatic amines is 1. The second-order valence-electron chi connectivity index (χ2n) is 7.33. The van der Waals surface area contributed by atoms with Gasteiger partial charge in [-0.05, 0) is 43.4 Å². The average molecular weight is 369 g/mol. The van der Waals surface area contributed by atoms with Crippen LogP contribution >= 0.6 is 0 Å². The fraction of sp³-hybridized carbons (Fsp3) is 0.333. The molecule has 1 saturated carbocycles. The zero-order chi connectivity index (χ0) is 18.2. The van der Waals surface area contributed by atoms with Gasteiger partial charge in [0.1, 0.15) is 0 Å². The molecule has 0 unspecified atom stereocenters. The molecule has 0 aliphatic heterocycles. The molecule has 26 heavy (non-hydrogen) atoms. The van der Waals surface area contributed by atoms with Gasteiger partial charge in [-0.1, -0.05) is 48.5 Å². The van der Waals surface area contributed by atoms with Crippen LogP contribution in [0.4, 0.5) is 0 Å². The molecule has 1 aromatic heterocycles. The smallest absolute Gasteiger partial charge is 0.211 e. The van der Waals surface area contributed by atoms with Crippen molar-refractivity contribution >= 4 is 20.9 Å². The third-order valence-corrected chi connectivity index (χ3v) is 6.74. The molecule has 1 fully saturated rings. The van der Waals surface area contributed by atoms with Crippen molar-refractivity contribution in [3.8, 4) is 0 Å². The standard InChI is InChI=1S/C21H24N2O2S/c1-16-20(18-9-5-6-10-19(18)23-16)21(12-13-21)15-22-26(24,25)14-11-17-7-3-2-4-8-17/h2-10,22-23H,11-15H2,1H3. The molecule has 1 heterocycles. The molecule has 5 heteroatoms. The van der Waals surface area contributed by atoms with Gasteiger partial charge < -0.3 is 4.98 Å². The predicted molar refractivity (Wildman–Crippen MR) is 106 cm³/mol. The van der Waals surface area contributed by atoms with E-state index in [9.17, 15) is 8.42 Å². The van der Waals surface area contributed by atoms with E-state index in [0.29, 0.717) is 13.0 Å². The summed E-state index contributed by atoms with van der Waals surface area (Å²) >= 11 is 0. The van der Waals surface area contributed by atoms with Gasteiger partial charge in [0.05, 0.1) is 5.75 Å². The molecule has 1 aliphatic carbocycles. The van der Waals surface area contributed by atoms with Gasteiger partial charge in [0.15, 0.2) is 0 Å². The minimum Gasteiger partial charge on any atom is -0.358 e. The summed E-state index contributed by atoms with van der Waals surface area (Å²) in [5.74, 6) is 0.125. The lowest BCUT2D eigenvalue weighted by atomic mass is 9.93. The van der Waals surface area contributed by atoms with Crippen LogP contribution in [0.1, 0.15) is 29.7 Å². The number of hydrogen-bond acceptors (Lipinski definition) is 2. The molecule has 0 spiro atoms. The van der Waals surface area contributed by atoms with Gasteiger partial charge in [-0.2, -0.15) is 0 Å². The molecule has 2 N–H and O–H groups in total.